The summed E-state index contributed by atoms with van der Waals surface area (Å²) in [5.41, 5.74) is 1.87. The molecule has 110 valence electrons. The molecule has 2 aromatic rings. The molecule has 0 bridgehead atoms. The molecular formula is C18H20FNO. The molecule has 0 spiro atoms. The van der Waals surface area contributed by atoms with Gasteiger partial charge in [0.15, 0.2) is 0 Å². The summed E-state index contributed by atoms with van der Waals surface area (Å²) in [6.45, 7) is 2.47. The van der Waals surface area contributed by atoms with Crippen molar-refractivity contribution < 1.29 is 9.13 Å². The maximum Gasteiger partial charge on any atom is 0.129 e. The van der Waals surface area contributed by atoms with Crippen LogP contribution in [-0.2, 0) is 6.61 Å². The second kappa shape index (κ2) is 6.27. The lowest BCUT2D eigenvalue weighted by molar-refractivity contribution is 0.299. The highest BCUT2D eigenvalue weighted by molar-refractivity contribution is 5.30. The van der Waals surface area contributed by atoms with E-state index in [1.807, 2.05) is 18.2 Å². The first-order valence-electron chi connectivity index (χ1n) is 7.44. The highest BCUT2D eigenvalue weighted by Gasteiger charge is 2.21. The SMILES string of the molecule is C[C@@H]1CC[C@H](c2ccc(OCc3ccccc3F)cc2)N1. The average molecular weight is 285 g/mol. The molecule has 0 radical (unpaired) electrons. The van der Waals surface area contributed by atoms with Gasteiger partial charge in [-0.2, -0.15) is 0 Å². The number of nitrogens with one attached hydrogen (secondary N) is 1. The van der Waals surface area contributed by atoms with Crippen molar-refractivity contribution in [2.45, 2.75) is 38.5 Å². The Hall–Kier alpha value is -1.87. The molecule has 0 unspecified atom stereocenters. The molecule has 0 aliphatic carbocycles. The van der Waals surface area contributed by atoms with Crippen LogP contribution < -0.4 is 10.1 Å². The van der Waals surface area contributed by atoms with Crippen molar-refractivity contribution in [2.75, 3.05) is 0 Å². The van der Waals surface area contributed by atoms with Crippen LogP contribution in [0.25, 0.3) is 0 Å². The normalized spacial score (nSPS) is 21.4. The number of halogens is 1. The minimum Gasteiger partial charge on any atom is -0.489 e. The molecule has 21 heavy (non-hydrogen) atoms. The minimum atomic E-state index is -0.224. The van der Waals surface area contributed by atoms with Gasteiger partial charge >= 0.3 is 0 Å². The van der Waals surface area contributed by atoms with E-state index in [2.05, 4.69) is 24.4 Å². The van der Waals surface area contributed by atoms with Crippen molar-refractivity contribution in [1.29, 1.82) is 0 Å². The van der Waals surface area contributed by atoms with Gasteiger partial charge in [-0.15, -0.1) is 0 Å². The Balaban J connectivity index is 1.61. The summed E-state index contributed by atoms with van der Waals surface area (Å²) < 4.78 is 19.2. The fourth-order valence-corrected chi connectivity index (χ4v) is 2.76. The summed E-state index contributed by atoms with van der Waals surface area (Å²) in [7, 11) is 0. The van der Waals surface area contributed by atoms with E-state index in [0.717, 1.165) is 5.75 Å². The Morgan fingerprint density at radius 1 is 1.10 bits per heavy atom. The molecule has 3 heteroatoms. The van der Waals surface area contributed by atoms with E-state index in [4.69, 9.17) is 4.74 Å². The van der Waals surface area contributed by atoms with E-state index in [-0.39, 0.29) is 12.4 Å². The van der Waals surface area contributed by atoms with Crippen molar-refractivity contribution in [1.82, 2.24) is 5.32 Å². The molecule has 0 amide bonds. The highest BCUT2D eigenvalue weighted by Crippen LogP contribution is 2.27. The lowest BCUT2D eigenvalue weighted by Crippen LogP contribution is -2.20. The topological polar surface area (TPSA) is 21.3 Å². The van der Waals surface area contributed by atoms with Gasteiger partial charge in [0.25, 0.3) is 0 Å². The van der Waals surface area contributed by atoms with Crippen LogP contribution in [0.3, 0.4) is 0 Å². The van der Waals surface area contributed by atoms with Crippen LogP contribution in [0, 0.1) is 5.82 Å². The van der Waals surface area contributed by atoms with Crippen molar-refractivity contribution in [3.05, 3.63) is 65.5 Å². The number of benzene rings is 2. The molecular weight excluding hydrogens is 265 g/mol. The molecule has 1 heterocycles. The number of hydrogen-bond donors (Lipinski definition) is 1. The smallest absolute Gasteiger partial charge is 0.129 e. The van der Waals surface area contributed by atoms with Gasteiger partial charge in [-0.1, -0.05) is 30.3 Å². The summed E-state index contributed by atoms with van der Waals surface area (Å²) in [6.07, 6.45) is 2.40. The van der Waals surface area contributed by atoms with Crippen molar-refractivity contribution in [3.63, 3.8) is 0 Å². The van der Waals surface area contributed by atoms with Crippen molar-refractivity contribution in [3.8, 4) is 5.75 Å². The molecule has 1 N–H and O–H groups in total. The summed E-state index contributed by atoms with van der Waals surface area (Å²) in [5.74, 6) is 0.548. The summed E-state index contributed by atoms with van der Waals surface area (Å²) in [5, 5.41) is 3.56. The Morgan fingerprint density at radius 3 is 2.52 bits per heavy atom. The van der Waals surface area contributed by atoms with E-state index in [9.17, 15) is 4.39 Å². The second-order valence-electron chi connectivity index (χ2n) is 5.65. The number of ether oxygens (including phenoxy) is 1. The fourth-order valence-electron chi connectivity index (χ4n) is 2.76. The first kappa shape index (κ1) is 14.1. The third kappa shape index (κ3) is 3.42. The average Bonchev–Trinajstić information content (AvgIpc) is 2.94. The van der Waals surface area contributed by atoms with Crippen LogP contribution in [0.1, 0.15) is 36.9 Å². The first-order chi connectivity index (χ1) is 10.2. The molecule has 1 fully saturated rings. The lowest BCUT2D eigenvalue weighted by Gasteiger charge is -2.13. The monoisotopic (exact) mass is 285 g/mol. The molecule has 2 aromatic carbocycles. The zero-order valence-electron chi connectivity index (χ0n) is 12.2. The minimum absolute atomic E-state index is 0.224. The van der Waals surface area contributed by atoms with Gasteiger partial charge in [0, 0.05) is 17.6 Å². The van der Waals surface area contributed by atoms with Gasteiger partial charge in [-0.25, -0.2) is 4.39 Å². The molecule has 0 aromatic heterocycles. The van der Waals surface area contributed by atoms with E-state index in [1.54, 1.807) is 12.1 Å². The van der Waals surface area contributed by atoms with Gasteiger partial charge in [0.2, 0.25) is 0 Å². The predicted octanol–water partition coefficient (Wildman–Crippen LogP) is 4.22. The summed E-state index contributed by atoms with van der Waals surface area (Å²) in [4.78, 5) is 0. The molecule has 1 saturated heterocycles. The Labute approximate surface area is 125 Å². The molecule has 2 nitrogen and oxygen atoms in total. The zero-order valence-corrected chi connectivity index (χ0v) is 12.2. The molecule has 0 saturated carbocycles. The summed E-state index contributed by atoms with van der Waals surface area (Å²) >= 11 is 0. The highest BCUT2D eigenvalue weighted by atomic mass is 19.1. The number of hydrogen-bond acceptors (Lipinski definition) is 2. The summed E-state index contributed by atoms with van der Waals surface area (Å²) in [6, 6.07) is 15.8. The maximum absolute atomic E-state index is 13.5. The Bertz CT molecular complexity index is 596. The number of rotatable bonds is 4. The van der Waals surface area contributed by atoms with Crippen molar-refractivity contribution in [2.24, 2.45) is 0 Å². The van der Waals surface area contributed by atoms with Gasteiger partial charge < -0.3 is 10.1 Å². The van der Waals surface area contributed by atoms with Crippen LogP contribution in [-0.4, -0.2) is 6.04 Å². The van der Waals surface area contributed by atoms with Gasteiger partial charge in [-0.05, 0) is 43.5 Å². The van der Waals surface area contributed by atoms with E-state index in [1.165, 1.54) is 24.5 Å². The zero-order chi connectivity index (χ0) is 14.7. The van der Waals surface area contributed by atoms with Crippen molar-refractivity contribution >= 4 is 0 Å². The third-order valence-electron chi connectivity index (χ3n) is 4.01. The molecule has 1 aliphatic heterocycles. The third-order valence-corrected chi connectivity index (χ3v) is 4.01. The van der Waals surface area contributed by atoms with E-state index in [0.29, 0.717) is 17.6 Å². The van der Waals surface area contributed by atoms with E-state index < -0.39 is 0 Å². The standard InChI is InChI=1S/C18H20FNO/c1-13-6-11-18(20-13)14-7-9-16(10-8-14)21-12-15-4-2-3-5-17(15)19/h2-5,7-10,13,18,20H,6,11-12H2,1H3/t13-,18-/m1/s1. The van der Waals surface area contributed by atoms with Gasteiger partial charge in [-0.3, -0.25) is 0 Å². The van der Waals surface area contributed by atoms with Gasteiger partial charge in [0.1, 0.15) is 18.2 Å². The second-order valence-corrected chi connectivity index (χ2v) is 5.65. The lowest BCUT2D eigenvalue weighted by atomic mass is 10.1. The maximum atomic E-state index is 13.5. The predicted molar refractivity (Wildman–Crippen MR) is 81.7 cm³/mol. The van der Waals surface area contributed by atoms with Crippen LogP contribution in [0.2, 0.25) is 0 Å². The molecule has 3 rings (SSSR count). The largest absolute Gasteiger partial charge is 0.489 e. The van der Waals surface area contributed by atoms with Crippen LogP contribution >= 0.6 is 0 Å². The Morgan fingerprint density at radius 2 is 1.86 bits per heavy atom. The fraction of sp³-hybridized carbons (Fsp3) is 0.333. The van der Waals surface area contributed by atoms with E-state index >= 15 is 0 Å². The van der Waals surface area contributed by atoms with Crippen LogP contribution in [0.15, 0.2) is 48.5 Å². The van der Waals surface area contributed by atoms with Crippen LogP contribution in [0.4, 0.5) is 4.39 Å². The molecule has 2 atom stereocenters. The van der Waals surface area contributed by atoms with Gasteiger partial charge in [0.05, 0.1) is 0 Å². The molecule has 1 aliphatic rings. The quantitative estimate of drug-likeness (QED) is 0.908. The first-order valence-corrected chi connectivity index (χ1v) is 7.44. The van der Waals surface area contributed by atoms with Crippen LogP contribution in [0.5, 0.6) is 5.75 Å². The Kier molecular flexibility index (Phi) is 4.20.